The molecule has 0 rings (SSSR count). The monoisotopic (exact) mass is 289 g/mol. The second-order valence-electron chi connectivity index (χ2n) is 4.24. The van der Waals surface area contributed by atoms with Crippen LogP contribution < -0.4 is 5.32 Å². The predicted octanol–water partition coefficient (Wildman–Crippen LogP) is 2.03. The fourth-order valence-electron chi connectivity index (χ4n) is 1.14. The molecule has 1 N–H and O–H groups in total. The molecule has 0 bridgehead atoms. The molecule has 0 spiro atoms. The Bertz CT molecular complexity index is 279. The van der Waals surface area contributed by atoms with Crippen LogP contribution in [0.3, 0.4) is 0 Å². The van der Waals surface area contributed by atoms with E-state index in [1.807, 2.05) is 6.92 Å². The Morgan fingerprint density at radius 3 is 2.06 bits per heavy atom. The molecule has 0 aliphatic carbocycles. The van der Waals surface area contributed by atoms with Gasteiger partial charge in [-0.2, -0.15) is 0 Å². The second kappa shape index (κ2) is 7.04. The lowest BCUT2D eigenvalue weighted by Gasteiger charge is -2.29. The highest BCUT2D eigenvalue weighted by Gasteiger charge is 2.26. The minimum Gasteiger partial charge on any atom is -0.308 e. The quantitative estimate of drug-likeness (QED) is 0.696. The Hall–Kier alpha value is 0.490. The number of alkyl halides is 2. The standard InChI is InChI=1S/C10H21Cl2NO2S/c1-4-10(7-11,8-12)13-5-6-16(14,15)9(2)3/h9,13H,4-8H2,1-3H3. The third kappa shape index (κ3) is 4.78. The largest absolute Gasteiger partial charge is 0.308 e. The molecule has 0 heterocycles. The average molecular weight is 290 g/mol. The molecule has 6 heteroatoms. The van der Waals surface area contributed by atoms with Crippen LogP contribution in [0.15, 0.2) is 0 Å². The van der Waals surface area contributed by atoms with E-state index >= 15 is 0 Å². The number of hydrogen-bond donors (Lipinski definition) is 1. The molecule has 0 saturated carbocycles. The molecule has 98 valence electrons. The Morgan fingerprint density at radius 2 is 1.75 bits per heavy atom. The molecule has 0 unspecified atom stereocenters. The van der Waals surface area contributed by atoms with Crippen LogP contribution in [0.25, 0.3) is 0 Å². The number of hydrogen-bond acceptors (Lipinski definition) is 3. The van der Waals surface area contributed by atoms with Crippen LogP contribution in [0.2, 0.25) is 0 Å². The molecule has 0 fully saturated rings. The Morgan fingerprint density at radius 1 is 1.25 bits per heavy atom. The van der Waals surface area contributed by atoms with Crippen LogP contribution >= 0.6 is 23.2 Å². The summed E-state index contributed by atoms with van der Waals surface area (Å²) in [7, 11) is -2.99. The fraction of sp³-hybridized carbons (Fsp3) is 1.00. The summed E-state index contributed by atoms with van der Waals surface area (Å²) in [6, 6.07) is 0. The lowest BCUT2D eigenvalue weighted by Crippen LogP contribution is -2.50. The smallest absolute Gasteiger partial charge is 0.153 e. The average Bonchev–Trinajstić information content (AvgIpc) is 2.25. The van der Waals surface area contributed by atoms with Gasteiger partial charge in [0.15, 0.2) is 9.84 Å². The van der Waals surface area contributed by atoms with Crippen LogP contribution in [0.1, 0.15) is 27.2 Å². The Balaban J connectivity index is 4.25. The minimum absolute atomic E-state index is 0.125. The summed E-state index contributed by atoms with van der Waals surface area (Å²) in [5.41, 5.74) is -0.352. The van der Waals surface area contributed by atoms with Gasteiger partial charge in [0.05, 0.1) is 11.0 Å². The van der Waals surface area contributed by atoms with Crippen molar-refractivity contribution in [1.82, 2.24) is 5.32 Å². The van der Waals surface area contributed by atoms with E-state index in [1.165, 1.54) is 0 Å². The van der Waals surface area contributed by atoms with Gasteiger partial charge in [0.1, 0.15) is 0 Å². The molecular weight excluding hydrogens is 269 g/mol. The first-order valence-corrected chi connectivity index (χ1v) is 8.20. The van der Waals surface area contributed by atoms with Crippen molar-refractivity contribution >= 4 is 33.0 Å². The van der Waals surface area contributed by atoms with Gasteiger partial charge in [-0.1, -0.05) is 6.92 Å². The predicted molar refractivity (Wildman–Crippen MR) is 71.4 cm³/mol. The summed E-state index contributed by atoms with van der Waals surface area (Å²) >= 11 is 11.7. The van der Waals surface area contributed by atoms with Gasteiger partial charge in [0, 0.05) is 23.8 Å². The van der Waals surface area contributed by atoms with Crippen molar-refractivity contribution in [3.8, 4) is 0 Å². The fourth-order valence-corrected chi connectivity index (χ4v) is 2.85. The summed E-state index contributed by atoms with van der Waals surface area (Å²) in [6.45, 7) is 5.75. The molecule has 0 radical (unpaired) electrons. The van der Waals surface area contributed by atoms with Crippen molar-refractivity contribution in [1.29, 1.82) is 0 Å². The Labute approximate surface area is 109 Å². The van der Waals surface area contributed by atoms with Gasteiger partial charge in [-0.05, 0) is 20.3 Å². The maximum atomic E-state index is 11.6. The van der Waals surface area contributed by atoms with E-state index in [2.05, 4.69) is 5.32 Å². The van der Waals surface area contributed by atoms with Crippen molar-refractivity contribution < 1.29 is 8.42 Å². The number of sulfone groups is 1. The summed E-state index contributed by atoms with van der Waals surface area (Å²) in [6.07, 6.45) is 0.779. The third-order valence-corrected chi connectivity index (χ3v) is 6.03. The van der Waals surface area contributed by atoms with Crippen LogP contribution in [0.5, 0.6) is 0 Å². The van der Waals surface area contributed by atoms with Crippen molar-refractivity contribution in [2.75, 3.05) is 24.1 Å². The highest BCUT2D eigenvalue weighted by molar-refractivity contribution is 7.92. The molecule has 0 aliphatic heterocycles. The number of halogens is 2. The van der Waals surface area contributed by atoms with E-state index in [0.717, 1.165) is 6.42 Å². The van der Waals surface area contributed by atoms with Gasteiger partial charge < -0.3 is 5.32 Å². The van der Waals surface area contributed by atoms with E-state index in [0.29, 0.717) is 18.3 Å². The molecule has 0 aliphatic rings. The highest BCUT2D eigenvalue weighted by Crippen LogP contribution is 2.14. The van der Waals surface area contributed by atoms with Gasteiger partial charge in [0.2, 0.25) is 0 Å². The summed E-state index contributed by atoms with van der Waals surface area (Å²) in [5.74, 6) is 0.893. The molecule has 0 aromatic rings. The number of nitrogens with one attached hydrogen (secondary N) is 1. The third-order valence-electron chi connectivity index (χ3n) is 2.79. The molecule has 0 aromatic heterocycles. The van der Waals surface area contributed by atoms with Gasteiger partial charge in [-0.15, -0.1) is 23.2 Å². The summed E-state index contributed by atoms with van der Waals surface area (Å²) in [4.78, 5) is 0. The van der Waals surface area contributed by atoms with Crippen molar-refractivity contribution in [2.45, 2.75) is 38.0 Å². The van der Waals surface area contributed by atoms with Crippen LogP contribution in [0.4, 0.5) is 0 Å². The van der Waals surface area contributed by atoms with E-state index in [4.69, 9.17) is 23.2 Å². The first kappa shape index (κ1) is 16.5. The molecule has 16 heavy (non-hydrogen) atoms. The van der Waals surface area contributed by atoms with E-state index in [9.17, 15) is 8.42 Å². The molecule has 0 atom stereocenters. The van der Waals surface area contributed by atoms with E-state index in [-0.39, 0.29) is 16.5 Å². The van der Waals surface area contributed by atoms with Crippen LogP contribution in [0, 0.1) is 0 Å². The number of rotatable bonds is 8. The Kier molecular flexibility index (Phi) is 7.26. The lowest BCUT2D eigenvalue weighted by molar-refractivity contribution is 0.397. The van der Waals surface area contributed by atoms with Gasteiger partial charge in [0.25, 0.3) is 0 Å². The molecule has 3 nitrogen and oxygen atoms in total. The normalized spacial score (nSPS) is 13.4. The zero-order valence-corrected chi connectivity index (χ0v) is 12.4. The van der Waals surface area contributed by atoms with Gasteiger partial charge in [-0.25, -0.2) is 8.42 Å². The first-order valence-electron chi connectivity index (χ1n) is 5.42. The van der Waals surface area contributed by atoms with Crippen molar-refractivity contribution in [2.24, 2.45) is 0 Å². The molecular formula is C10H21Cl2NO2S. The summed E-state index contributed by atoms with van der Waals surface area (Å²) < 4.78 is 23.2. The molecule has 0 aromatic carbocycles. The summed E-state index contributed by atoms with van der Waals surface area (Å²) in [5, 5.41) is 2.81. The van der Waals surface area contributed by atoms with Gasteiger partial charge >= 0.3 is 0 Å². The molecule has 0 saturated heterocycles. The minimum atomic E-state index is -2.99. The SMILES string of the molecule is CCC(CCl)(CCl)NCCS(=O)(=O)C(C)C. The zero-order valence-electron chi connectivity index (χ0n) is 10.1. The van der Waals surface area contributed by atoms with Gasteiger partial charge in [-0.3, -0.25) is 0 Å². The maximum absolute atomic E-state index is 11.6. The van der Waals surface area contributed by atoms with Crippen molar-refractivity contribution in [3.05, 3.63) is 0 Å². The lowest BCUT2D eigenvalue weighted by atomic mass is 10.0. The van der Waals surface area contributed by atoms with Crippen LogP contribution in [-0.4, -0.2) is 43.3 Å². The highest BCUT2D eigenvalue weighted by atomic mass is 35.5. The van der Waals surface area contributed by atoms with Crippen LogP contribution in [-0.2, 0) is 9.84 Å². The molecule has 0 amide bonds. The van der Waals surface area contributed by atoms with E-state index < -0.39 is 9.84 Å². The van der Waals surface area contributed by atoms with E-state index in [1.54, 1.807) is 13.8 Å². The van der Waals surface area contributed by atoms with Crippen molar-refractivity contribution in [3.63, 3.8) is 0 Å². The zero-order chi connectivity index (χ0) is 12.8. The first-order chi connectivity index (χ1) is 7.33. The second-order valence-corrected chi connectivity index (χ2v) is 7.45. The topological polar surface area (TPSA) is 46.2 Å². The maximum Gasteiger partial charge on any atom is 0.153 e.